The van der Waals surface area contributed by atoms with Crippen LogP contribution in [0.5, 0.6) is 0 Å². The molecule has 18 heavy (non-hydrogen) atoms. The quantitative estimate of drug-likeness (QED) is 0.902. The second kappa shape index (κ2) is 4.59. The van der Waals surface area contributed by atoms with Gasteiger partial charge in [-0.1, -0.05) is 29.8 Å². The first-order valence-electron chi connectivity index (χ1n) is 5.90. The monoisotopic (exact) mass is 260 g/mol. The molecule has 1 N–H and O–H groups in total. The number of para-hydroxylation sites is 1. The van der Waals surface area contributed by atoms with Gasteiger partial charge in [0.05, 0.1) is 11.6 Å². The number of aliphatic hydroxyl groups excluding tert-OH is 1. The van der Waals surface area contributed by atoms with Crippen LogP contribution in [0.1, 0.15) is 11.1 Å². The lowest BCUT2D eigenvalue weighted by atomic mass is 10.2. The minimum Gasteiger partial charge on any atom is -0.392 e. The van der Waals surface area contributed by atoms with Crippen molar-refractivity contribution in [1.82, 2.24) is 4.98 Å². The molecule has 1 aliphatic rings. The third-order valence-corrected chi connectivity index (χ3v) is 3.48. The normalized spacial score (nSPS) is 13.8. The smallest absolute Gasteiger partial charge is 0.151 e. The topological polar surface area (TPSA) is 36.4 Å². The molecule has 1 aliphatic heterocycles. The molecule has 0 atom stereocenters. The van der Waals surface area contributed by atoms with Crippen molar-refractivity contribution < 1.29 is 5.11 Å². The maximum absolute atomic E-state index is 9.06. The second-order valence-corrected chi connectivity index (χ2v) is 4.74. The van der Waals surface area contributed by atoms with Crippen LogP contribution in [0.25, 0.3) is 0 Å². The van der Waals surface area contributed by atoms with Crippen molar-refractivity contribution in [2.45, 2.75) is 13.0 Å². The minimum absolute atomic E-state index is 0.0381. The number of aliphatic hydroxyl groups is 1. The predicted octanol–water partition coefficient (Wildman–Crippen LogP) is 2.92. The minimum atomic E-state index is -0.0381. The van der Waals surface area contributed by atoms with E-state index >= 15 is 0 Å². The fourth-order valence-corrected chi connectivity index (χ4v) is 2.60. The van der Waals surface area contributed by atoms with E-state index in [1.165, 1.54) is 11.3 Å². The van der Waals surface area contributed by atoms with E-state index in [-0.39, 0.29) is 6.61 Å². The van der Waals surface area contributed by atoms with Crippen LogP contribution in [-0.2, 0) is 13.0 Å². The highest BCUT2D eigenvalue weighted by Crippen LogP contribution is 2.36. The van der Waals surface area contributed by atoms with Crippen LogP contribution >= 0.6 is 11.6 Å². The lowest BCUT2D eigenvalue weighted by molar-refractivity contribution is 0.281. The predicted molar refractivity (Wildman–Crippen MR) is 72.3 cm³/mol. The first kappa shape index (κ1) is 11.5. The second-order valence-electron chi connectivity index (χ2n) is 4.34. The number of halogens is 1. The summed E-state index contributed by atoms with van der Waals surface area (Å²) in [5, 5.41) is 9.65. The molecule has 0 amide bonds. The Kier molecular flexibility index (Phi) is 2.94. The van der Waals surface area contributed by atoms with Crippen molar-refractivity contribution in [1.29, 1.82) is 0 Å². The van der Waals surface area contributed by atoms with E-state index in [2.05, 4.69) is 22.0 Å². The molecule has 0 fully saturated rings. The lowest BCUT2D eigenvalue weighted by Crippen LogP contribution is -2.15. The number of rotatable bonds is 2. The molecule has 2 aromatic rings. The molecular weight excluding hydrogens is 248 g/mol. The van der Waals surface area contributed by atoms with Gasteiger partial charge in [-0.25, -0.2) is 4.98 Å². The molecule has 1 aromatic carbocycles. The number of hydrogen-bond acceptors (Lipinski definition) is 3. The van der Waals surface area contributed by atoms with Gasteiger partial charge in [0.2, 0.25) is 0 Å². The zero-order valence-electron chi connectivity index (χ0n) is 9.81. The zero-order chi connectivity index (χ0) is 12.5. The summed E-state index contributed by atoms with van der Waals surface area (Å²) >= 11 is 6.24. The van der Waals surface area contributed by atoms with E-state index in [1.54, 1.807) is 12.3 Å². The molecule has 3 rings (SSSR count). The van der Waals surface area contributed by atoms with Crippen LogP contribution in [0.4, 0.5) is 11.5 Å². The number of pyridine rings is 1. The fourth-order valence-electron chi connectivity index (χ4n) is 2.31. The number of fused-ring (bicyclic) bond motifs is 1. The molecule has 0 saturated heterocycles. The molecular formula is C14H13ClN2O. The van der Waals surface area contributed by atoms with Crippen molar-refractivity contribution in [3.63, 3.8) is 0 Å². The van der Waals surface area contributed by atoms with Crippen LogP contribution in [0.15, 0.2) is 36.5 Å². The van der Waals surface area contributed by atoms with Crippen LogP contribution in [0.2, 0.25) is 5.02 Å². The third-order valence-electron chi connectivity index (χ3n) is 3.20. The van der Waals surface area contributed by atoms with Crippen molar-refractivity contribution in [3.05, 3.63) is 52.7 Å². The summed E-state index contributed by atoms with van der Waals surface area (Å²) in [6, 6.07) is 10.1. The fraction of sp³-hybridized carbons (Fsp3) is 0.214. The molecule has 1 aromatic heterocycles. The van der Waals surface area contributed by atoms with Gasteiger partial charge in [-0.3, -0.25) is 0 Å². The van der Waals surface area contributed by atoms with E-state index in [4.69, 9.17) is 16.7 Å². The molecule has 0 spiro atoms. The number of anilines is 2. The molecule has 92 valence electrons. The van der Waals surface area contributed by atoms with Crippen molar-refractivity contribution >= 4 is 23.1 Å². The number of aromatic nitrogens is 1. The van der Waals surface area contributed by atoms with Crippen molar-refractivity contribution in [2.24, 2.45) is 0 Å². The third kappa shape index (κ3) is 1.85. The van der Waals surface area contributed by atoms with E-state index in [9.17, 15) is 0 Å². The van der Waals surface area contributed by atoms with Crippen molar-refractivity contribution in [3.8, 4) is 0 Å². The van der Waals surface area contributed by atoms with Gasteiger partial charge in [0, 0.05) is 18.4 Å². The Morgan fingerprint density at radius 2 is 2.17 bits per heavy atom. The summed E-state index contributed by atoms with van der Waals surface area (Å²) in [7, 11) is 0. The Hall–Kier alpha value is -1.58. The van der Waals surface area contributed by atoms with Crippen molar-refractivity contribution in [2.75, 3.05) is 11.4 Å². The van der Waals surface area contributed by atoms with Gasteiger partial charge in [0.25, 0.3) is 0 Å². The molecule has 0 saturated carbocycles. The average molecular weight is 261 g/mol. The standard InChI is InChI=1S/C14H13ClN2O/c15-12-7-10(9-18)8-16-14(12)17-6-5-11-3-1-2-4-13(11)17/h1-4,7-8,18H,5-6,9H2. The highest BCUT2D eigenvalue weighted by Gasteiger charge is 2.22. The van der Waals surface area contributed by atoms with Crippen LogP contribution in [0, 0.1) is 0 Å². The Morgan fingerprint density at radius 1 is 1.33 bits per heavy atom. The molecule has 0 aliphatic carbocycles. The van der Waals surface area contributed by atoms with Gasteiger partial charge in [-0.05, 0) is 29.7 Å². The highest BCUT2D eigenvalue weighted by molar-refractivity contribution is 6.33. The maximum atomic E-state index is 9.06. The van der Waals surface area contributed by atoms with Crippen LogP contribution in [0.3, 0.4) is 0 Å². The van der Waals surface area contributed by atoms with E-state index < -0.39 is 0 Å². The largest absolute Gasteiger partial charge is 0.392 e. The zero-order valence-corrected chi connectivity index (χ0v) is 10.6. The van der Waals surface area contributed by atoms with Gasteiger partial charge in [-0.2, -0.15) is 0 Å². The van der Waals surface area contributed by atoms with Gasteiger partial charge < -0.3 is 10.0 Å². The summed E-state index contributed by atoms with van der Waals surface area (Å²) in [6.07, 6.45) is 2.68. The summed E-state index contributed by atoms with van der Waals surface area (Å²) in [6.45, 7) is 0.855. The van der Waals surface area contributed by atoms with Gasteiger partial charge in [-0.15, -0.1) is 0 Å². The van der Waals surface area contributed by atoms with E-state index in [0.717, 1.165) is 24.3 Å². The van der Waals surface area contributed by atoms with Crippen LogP contribution < -0.4 is 4.90 Å². The number of hydrogen-bond donors (Lipinski definition) is 1. The number of benzene rings is 1. The first-order valence-corrected chi connectivity index (χ1v) is 6.28. The van der Waals surface area contributed by atoms with Gasteiger partial charge in [0.1, 0.15) is 0 Å². The van der Waals surface area contributed by atoms with E-state index in [1.807, 2.05) is 12.1 Å². The molecule has 0 radical (unpaired) electrons. The molecule has 0 unspecified atom stereocenters. The summed E-state index contributed by atoms with van der Waals surface area (Å²) in [5.41, 5.74) is 3.22. The molecule has 4 heteroatoms. The average Bonchev–Trinajstić information content (AvgIpc) is 2.82. The van der Waals surface area contributed by atoms with Gasteiger partial charge in [0.15, 0.2) is 5.82 Å². The Balaban J connectivity index is 2.02. The first-order chi connectivity index (χ1) is 8.79. The van der Waals surface area contributed by atoms with E-state index in [0.29, 0.717) is 5.02 Å². The number of nitrogens with zero attached hydrogens (tertiary/aromatic N) is 2. The molecule has 0 bridgehead atoms. The summed E-state index contributed by atoms with van der Waals surface area (Å²) in [4.78, 5) is 6.49. The maximum Gasteiger partial charge on any atom is 0.151 e. The van der Waals surface area contributed by atoms with Gasteiger partial charge >= 0.3 is 0 Å². The summed E-state index contributed by atoms with van der Waals surface area (Å²) < 4.78 is 0. The summed E-state index contributed by atoms with van der Waals surface area (Å²) in [5.74, 6) is 0.763. The Labute approximate surface area is 111 Å². The Morgan fingerprint density at radius 3 is 2.94 bits per heavy atom. The Bertz CT molecular complexity index is 586. The molecule has 2 heterocycles. The highest BCUT2D eigenvalue weighted by atomic mass is 35.5. The lowest BCUT2D eigenvalue weighted by Gasteiger charge is -2.19. The SMILES string of the molecule is OCc1cnc(N2CCc3ccccc32)c(Cl)c1. The molecule has 3 nitrogen and oxygen atoms in total. The van der Waals surface area contributed by atoms with Crippen LogP contribution in [-0.4, -0.2) is 16.6 Å².